The Morgan fingerprint density at radius 3 is 2.53 bits per heavy atom. The van der Waals surface area contributed by atoms with E-state index in [0.29, 0.717) is 23.2 Å². The van der Waals surface area contributed by atoms with Crippen LogP contribution in [0, 0.1) is 26.2 Å². The zero-order valence-electron chi connectivity index (χ0n) is 11.3. The van der Waals surface area contributed by atoms with E-state index in [0.717, 1.165) is 6.42 Å². The summed E-state index contributed by atoms with van der Waals surface area (Å²) in [5.74, 6) is 1.15. The summed E-state index contributed by atoms with van der Waals surface area (Å²) in [6, 6.07) is -0.0977. The van der Waals surface area contributed by atoms with Crippen LogP contribution in [0.2, 0.25) is 0 Å². The maximum Gasteiger partial charge on any atom is 0.352 e. The van der Waals surface area contributed by atoms with Crippen molar-refractivity contribution in [2.24, 2.45) is 0 Å². The highest BCUT2D eigenvalue weighted by Crippen LogP contribution is 2.18. The third kappa shape index (κ3) is 3.16. The van der Waals surface area contributed by atoms with E-state index in [1.54, 1.807) is 13.8 Å². The van der Waals surface area contributed by atoms with Gasteiger partial charge in [-0.05, 0) is 25.8 Å². The minimum atomic E-state index is -1.07. The molecule has 0 radical (unpaired) electrons. The number of carboxylic acid groups (broad SMARTS) is 1. The summed E-state index contributed by atoms with van der Waals surface area (Å²) >= 11 is 0. The van der Waals surface area contributed by atoms with Crippen molar-refractivity contribution in [2.75, 3.05) is 0 Å². The van der Waals surface area contributed by atoms with Gasteiger partial charge in [-0.1, -0.05) is 6.92 Å². The van der Waals surface area contributed by atoms with Crippen molar-refractivity contribution >= 4 is 11.9 Å². The number of nitrogens with one attached hydrogen (secondary N) is 2. The summed E-state index contributed by atoms with van der Waals surface area (Å²) in [6.45, 7) is 5.22. The van der Waals surface area contributed by atoms with Gasteiger partial charge in [-0.2, -0.15) is 0 Å². The molecule has 1 unspecified atom stereocenters. The first-order valence-electron chi connectivity index (χ1n) is 6.09. The van der Waals surface area contributed by atoms with Gasteiger partial charge in [0.15, 0.2) is 0 Å². The predicted octanol–water partition coefficient (Wildman–Crippen LogP) is 1.86. The topological polar surface area (TPSA) is 82.2 Å². The van der Waals surface area contributed by atoms with E-state index in [-0.39, 0.29) is 17.6 Å². The second kappa shape index (κ2) is 6.10. The number of carboxylic acids is 1. The highest BCUT2D eigenvalue weighted by Gasteiger charge is 2.22. The van der Waals surface area contributed by atoms with E-state index in [9.17, 15) is 9.59 Å². The Hall–Kier alpha value is -2.22. The van der Waals surface area contributed by atoms with E-state index >= 15 is 0 Å². The molecule has 1 amide bonds. The van der Waals surface area contributed by atoms with Gasteiger partial charge in [0.05, 0.1) is 5.56 Å². The molecule has 0 bridgehead atoms. The number of aryl methyl sites for hydroxylation is 1. The number of carbonyl (C=O) groups excluding carboxylic acids is 1. The number of aromatic carboxylic acids is 1. The van der Waals surface area contributed by atoms with E-state index in [2.05, 4.69) is 16.2 Å². The molecular formula is C14H18N2O3. The Kier molecular flexibility index (Phi) is 4.76. The molecule has 1 heterocycles. The fourth-order valence-corrected chi connectivity index (χ4v) is 2.00. The van der Waals surface area contributed by atoms with Gasteiger partial charge < -0.3 is 15.4 Å². The Balaban J connectivity index is 3.01. The number of terminal acetylenes is 1. The smallest absolute Gasteiger partial charge is 0.352 e. The highest BCUT2D eigenvalue weighted by molar-refractivity contribution is 6.00. The zero-order valence-corrected chi connectivity index (χ0v) is 11.3. The zero-order chi connectivity index (χ0) is 14.6. The van der Waals surface area contributed by atoms with Gasteiger partial charge in [-0.15, -0.1) is 12.3 Å². The van der Waals surface area contributed by atoms with Crippen molar-refractivity contribution in [1.29, 1.82) is 0 Å². The Morgan fingerprint density at radius 2 is 2.11 bits per heavy atom. The maximum atomic E-state index is 12.2. The number of aromatic amines is 1. The molecule has 1 rings (SSSR count). The molecule has 0 fully saturated rings. The lowest BCUT2D eigenvalue weighted by Crippen LogP contribution is -2.34. The molecule has 1 atom stereocenters. The van der Waals surface area contributed by atoms with E-state index in [1.807, 2.05) is 6.92 Å². The summed E-state index contributed by atoms with van der Waals surface area (Å²) in [4.78, 5) is 25.9. The van der Waals surface area contributed by atoms with Crippen LogP contribution in [0.15, 0.2) is 0 Å². The first kappa shape index (κ1) is 14.8. The number of hydrogen-bond acceptors (Lipinski definition) is 2. The van der Waals surface area contributed by atoms with Crippen molar-refractivity contribution in [2.45, 2.75) is 39.7 Å². The normalized spacial score (nSPS) is 11.7. The standard InChI is InChI=1S/C14H18N2O3/c1-5-7-10(6-2)16-13(17)11-8(3)12(14(18)19)15-9(11)4/h1,10,15H,6-7H2,2-4H3,(H,16,17)(H,18,19). The summed E-state index contributed by atoms with van der Waals surface area (Å²) in [7, 11) is 0. The summed E-state index contributed by atoms with van der Waals surface area (Å²) in [5, 5.41) is 11.8. The van der Waals surface area contributed by atoms with Gasteiger partial charge in [0.2, 0.25) is 0 Å². The molecule has 5 heteroatoms. The van der Waals surface area contributed by atoms with Crippen LogP contribution in [0.25, 0.3) is 0 Å². The SMILES string of the molecule is C#CCC(CC)NC(=O)c1c(C)[nH]c(C(=O)O)c1C. The largest absolute Gasteiger partial charge is 0.477 e. The molecule has 1 aromatic heterocycles. The third-order valence-electron chi connectivity index (χ3n) is 3.07. The minimum Gasteiger partial charge on any atom is -0.477 e. The molecule has 0 aromatic carbocycles. The van der Waals surface area contributed by atoms with Gasteiger partial charge in [-0.25, -0.2) is 4.79 Å². The van der Waals surface area contributed by atoms with Crippen LogP contribution in [0.5, 0.6) is 0 Å². The molecule has 102 valence electrons. The molecule has 0 aliphatic rings. The van der Waals surface area contributed by atoms with Crippen molar-refractivity contribution in [1.82, 2.24) is 10.3 Å². The lowest BCUT2D eigenvalue weighted by molar-refractivity contribution is 0.0690. The van der Waals surface area contributed by atoms with E-state index < -0.39 is 5.97 Å². The number of carbonyl (C=O) groups is 2. The molecular weight excluding hydrogens is 244 g/mol. The van der Waals surface area contributed by atoms with Crippen LogP contribution >= 0.6 is 0 Å². The Labute approximate surface area is 112 Å². The van der Waals surface area contributed by atoms with Gasteiger partial charge in [0.1, 0.15) is 5.69 Å². The van der Waals surface area contributed by atoms with Crippen LogP contribution in [-0.2, 0) is 0 Å². The molecule has 3 N–H and O–H groups in total. The molecule has 0 aliphatic heterocycles. The molecule has 0 saturated carbocycles. The quantitative estimate of drug-likeness (QED) is 0.708. The monoisotopic (exact) mass is 262 g/mol. The summed E-state index contributed by atoms with van der Waals surface area (Å²) in [6.07, 6.45) is 6.42. The second-order valence-corrected chi connectivity index (χ2v) is 4.42. The summed E-state index contributed by atoms with van der Waals surface area (Å²) < 4.78 is 0. The van der Waals surface area contributed by atoms with Crippen LogP contribution < -0.4 is 5.32 Å². The van der Waals surface area contributed by atoms with Crippen LogP contribution in [0.4, 0.5) is 0 Å². The number of hydrogen-bond donors (Lipinski definition) is 3. The first-order chi connectivity index (χ1) is 8.92. The lowest BCUT2D eigenvalue weighted by atomic mass is 10.1. The van der Waals surface area contributed by atoms with E-state index in [4.69, 9.17) is 11.5 Å². The molecule has 19 heavy (non-hydrogen) atoms. The molecule has 0 aliphatic carbocycles. The second-order valence-electron chi connectivity index (χ2n) is 4.42. The molecule has 0 spiro atoms. The van der Waals surface area contributed by atoms with Crippen molar-refractivity contribution in [3.63, 3.8) is 0 Å². The van der Waals surface area contributed by atoms with Gasteiger partial charge in [0.25, 0.3) is 5.91 Å². The highest BCUT2D eigenvalue weighted by atomic mass is 16.4. The first-order valence-corrected chi connectivity index (χ1v) is 6.09. The summed E-state index contributed by atoms with van der Waals surface area (Å²) in [5.41, 5.74) is 1.42. The van der Waals surface area contributed by atoms with Crippen molar-refractivity contribution in [3.8, 4) is 12.3 Å². The maximum absolute atomic E-state index is 12.2. The fraction of sp³-hybridized carbons (Fsp3) is 0.429. The van der Waals surface area contributed by atoms with Gasteiger partial charge in [0, 0.05) is 18.2 Å². The average molecular weight is 262 g/mol. The van der Waals surface area contributed by atoms with Crippen molar-refractivity contribution < 1.29 is 14.7 Å². The van der Waals surface area contributed by atoms with Gasteiger partial charge >= 0.3 is 5.97 Å². The van der Waals surface area contributed by atoms with Crippen molar-refractivity contribution in [3.05, 3.63) is 22.5 Å². The number of aromatic nitrogens is 1. The predicted molar refractivity (Wildman–Crippen MR) is 72.2 cm³/mol. The minimum absolute atomic E-state index is 0.0487. The third-order valence-corrected chi connectivity index (χ3v) is 3.07. The lowest BCUT2D eigenvalue weighted by Gasteiger charge is -2.14. The molecule has 1 aromatic rings. The van der Waals surface area contributed by atoms with Crippen LogP contribution in [-0.4, -0.2) is 28.0 Å². The fourth-order valence-electron chi connectivity index (χ4n) is 2.00. The van der Waals surface area contributed by atoms with Crippen LogP contribution in [0.1, 0.15) is 51.9 Å². The number of H-pyrrole nitrogens is 1. The Morgan fingerprint density at radius 1 is 1.47 bits per heavy atom. The van der Waals surface area contributed by atoms with E-state index in [1.165, 1.54) is 0 Å². The van der Waals surface area contributed by atoms with Gasteiger partial charge in [-0.3, -0.25) is 4.79 Å². The average Bonchev–Trinajstić information content (AvgIpc) is 2.64. The number of amides is 1. The number of rotatable bonds is 5. The molecule has 0 saturated heterocycles. The molecule has 5 nitrogen and oxygen atoms in total. The van der Waals surface area contributed by atoms with Crippen LogP contribution in [0.3, 0.4) is 0 Å². The Bertz CT molecular complexity index is 538.